The Morgan fingerprint density at radius 2 is 2.17 bits per heavy atom. The predicted octanol–water partition coefficient (Wildman–Crippen LogP) is 1.62. The van der Waals surface area contributed by atoms with Gasteiger partial charge in [0, 0.05) is 19.4 Å². The third-order valence-electron chi connectivity index (χ3n) is 1.36. The van der Waals surface area contributed by atoms with E-state index < -0.39 is 0 Å². The van der Waals surface area contributed by atoms with Crippen LogP contribution in [0.4, 0.5) is 0 Å². The lowest BCUT2D eigenvalue weighted by atomic mass is 10.2. The Hall–Kier alpha value is -0.350. The summed E-state index contributed by atoms with van der Waals surface area (Å²) in [7, 11) is 0. The fourth-order valence-corrected chi connectivity index (χ4v) is 1.08. The van der Waals surface area contributed by atoms with Gasteiger partial charge in [-0.2, -0.15) is 0 Å². The second kappa shape index (κ2) is 8.74. The van der Waals surface area contributed by atoms with Crippen molar-refractivity contribution in [2.75, 3.05) is 13.2 Å². The van der Waals surface area contributed by atoms with E-state index in [4.69, 9.17) is 10.5 Å². The Labute approximate surface area is 81.5 Å². The molecule has 3 nitrogen and oxygen atoms in total. The van der Waals surface area contributed by atoms with Crippen molar-refractivity contribution in [3.8, 4) is 0 Å². The van der Waals surface area contributed by atoms with Gasteiger partial charge in [-0.25, -0.2) is 0 Å². The quantitative estimate of drug-likeness (QED) is 0.357. The minimum absolute atomic E-state index is 0.275. The van der Waals surface area contributed by atoms with Gasteiger partial charge in [0.05, 0.1) is 4.61 Å². The molecule has 70 valence electrons. The number of hydrogen-bond donors (Lipinski definition) is 3. The highest BCUT2D eigenvalue weighted by molar-refractivity contribution is 9.11. The first kappa shape index (κ1) is 11.6. The number of aliphatic hydroxyl groups excluding tert-OH is 1. The van der Waals surface area contributed by atoms with Crippen LogP contribution < -0.4 is 5.32 Å². The van der Waals surface area contributed by atoms with Crippen molar-refractivity contribution in [3.63, 3.8) is 0 Å². The molecular weight excluding hydrogens is 220 g/mol. The highest BCUT2D eigenvalue weighted by Crippen LogP contribution is 1.99. The Balaban J connectivity index is 3.19. The van der Waals surface area contributed by atoms with Crippen molar-refractivity contribution in [3.05, 3.63) is 10.7 Å². The van der Waals surface area contributed by atoms with Crippen LogP contribution in [-0.2, 0) is 0 Å². The van der Waals surface area contributed by atoms with Gasteiger partial charge in [-0.05, 0) is 41.3 Å². The Bertz CT molecular complexity index is 148. The maximum atomic E-state index is 8.49. The molecule has 0 aromatic carbocycles. The first-order valence-electron chi connectivity index (χ1n) is 4.02. The van der Waals surface area contributed by atoms with Gasteiger partial charge in [0.15, 0.2) is 0 Å². The minimum atomic E-state index is 0.275. The van der Waals surface area contributed by atoms with Crippen LogP contribution in [0.25, 0.3) is 0 Å². The molecular formula is C8H15BrN2O. The molecule has 0 amide bonds. The molecule has 0 bridgehead atoms. The molecule has 0 aromatic rings. The van der Waals surface area contributed by atoms with E-state index >= 15 is 0 Å². The topological polar surface area (TPSA) is 56.1 Å². The second-order valence-corrected chi connectivity index (χ2v) is 3.25. The number of allylic oxidation sites excluding steroid dienone is 1. The van der Waals surface area contributed by atoms with Gasteiger partial charge in [0.1, 0.15) is 0 Å². The van der Waals surface area contributed by atoms with Crippen molar-refractivity contribution < 1.29 is 5.11 Å². The summed E-state index contributed by atoms with van der Waals surface area (Å²) in [4.78, 5) is 0. The molecule has 0 aliphatic heterocycles. The average Bonchev–Trinajstić information content (AvgIpc) is 2.05. The third-order valence-corrected chi connectivity index (χ3v) is 1.90. The number of halogens is 1. The maximum absolute atomic E-state index is 8.49. The summed E-state index contributed by atoms with van der Waals surface area (Å²) in [5, 5.41) is 18.4. The normalized spacial score (nSPS) is 11.3. The number of aliphatic hydroxyl groups is 1. The van der Waals surface area contributed by atoms with E-state index in [1.807, 2.05) is 0 Å². The summed E-state index contributed by atoms with van der Waals surface area (Å²) in [6, 6.07) is 0. The van der Waals surface area contributed by atoms with E-state index in [0.717, 1.165) is 30.4 Å². The Kier molecular flexibility index (Phi) is 8.49. The number of nitrogens with one attached hydrogen (secondary N) is 2. The summed E-state index contributed by atoms with van der Waals surface area (Å²) < 4.78 is 0.835. The van der Waals surface area contributed by atoms with Gasteiger partial charge in [-0.15, -0.1) is 0 Å². The van der Waals surface area contributed by atoms with Crippen LogP contribution in [0, 0.1) is 5.41 Å². The van der Waals surface area contributed by atoms with Crippen LogP contribution in [0.15, 0.2) is 10.7 Å². The molecule has 0 saturated heterocycles. The first-order valence-corrected chi connectivity index (χ1v) is 4.81. The molecule has 0 atom stereocenters. The number of hydrogen-bond acceptors (Lipinski definition) is 3. The van der Waals surface area contributed by atoms with Crippen LogP contribution in [0.2, 0.25) is 0 Å². The molecule has 12 heavy (non-hydrogen) atoms. The van der Waals surface area contributed by atoms with E-state index in [2.05, 4.69) is 21.2 Å². The molecule has 0 spiro atoms. The lowest BCUT2D eigenvalue weighted by Gasteiger charge is -2.02. The summed E-state index contributed by atoms with van der Waals surface area (Å²) >= 11 is 3.26. The van der Waals surface area contributed by atoms with E-state index in [0.29, 0.717) is 0 Å². The van der Waals surface area contributed by atoms with E-state index in [9.17, 15) is 0 Å². The molecule has 4 heteroatoms. The molecule has 0 rings (SSSR count). The van der Waals surface area contributed by atoms with E-state index in [1.54, 1.807) is 6.08 Å². The molecule has 3 N–H and O–H groups in total. The van der Waals surface area contributed by atoms with Gasteiger partial charge in [0.25, 0.3) is 0 Å². The smallest absolute Gasteiger partial charge is 0.0795 e. The fraction of sp³-hybridized carbons (Fsp3) is 0.625. The second-order valence-electron chi connectivity index (χ2n) is 2.39. The summed E-state index contributed by atoms with van der Waals surface area (Å²) in [6.07, 6.45) is 5.82. The highest BCUT2D eigenvalue weighted by atomic mass is 79.9. The molecule has 0 aromatic heterocycles. The van der Waals surface area contributed by atoms with Crippen LogP contribution in [0.3, 0.4) is 0 Å². The molecule has 0 fully saturated rings. The maximum Gasteiger partial charge on any atom is 0.0795 e. The van der Waals surface area contributed by atoms with Crippen molar-refractivity contribution in [1.82, 2.24) is 5.32 Å². The van der Waals surface area contributed by atoms with Gasteiger partial charge in [-0.3, -0.25) is 0 Å². The van der Waals surface area contributed by atoms with Crippen molar-refractivity contribution >= 4 is 22.1 Å². The lowest BCUT2D eigenvalue weighted by molar-refractivity contribution is 0.283. The lowest BCUT2D eigenvalue weighted by Crippen LogP contribution is -2.11. The van der Waals surface area contributed by atoms with Gasteiger partial charge in [0.2, 0.25) is 0 Å². The van der Waals surface area contributed by atoms with E-state index in [1.165, 1.54) is 6.21 Å². The molecule has 0 aliphatic carbocycles. The van der Waals surface area contributed by atoms with Crippen LogP contribution in [0.5, 0.6) is 0 Å². The standard InChI is InChI=1S/C8H15BrN2O/c9-8(4-5-10)11-6-2-1-3-7-12/h4-5,10-12H,1-3,6-7H2/b8-4-,10-5?. The predicted molar refractivity (Wildman–Crippen MR) is 54.7 cm³/mol. The zero-order valence-corrected chi connectivity index (χ0v) is 8.60. The summed E-state index contributed by atoms with van der Waals surface area (Å²) in [5.74, 6) is 0. The molecule has 0 radical (unpaired) electrons. The molecule has 0 heterocycles. The Morgan fingerprint density at radius 3 is 2.75 bits per heavy atom. The molecule has 0 unspecified atom stereocenters. The minimum Gasteiger partial charge on any atom is -0.396 e. The van der Waals surface area contributed by atoms with Crippen LogP contribution >= 0.6 is 15.9 Å². The Morgan fingerprint density at radius 1 is 1.42 bits per heavy atom. The van der Waals surface area contributed by atoms with Gasteiger partial charge >= 0.3 is 0 Å². The van der Waals surface area contributed by atoms with Crippen molar-refractivity contribution in [1.29, 1.82) is 5.41 Å². The highest BCUT2D eigenvalue weighted by Gasteiger charge is 1.89. The van der Waals surface area contributed by atoms with Gasteiger partial charge in [-0.1, -0.05) is 0 Å². The molecule has 0 saturated carbocycles. The number of unbranched alkanes of at least 4 members (excludes halogenated alkanes) is 2. The van der Waals surface area contributed by atoms with E-state index in [-0.39, 0.29) is 6.61 Å². The number of rotatable bonds is 7. The first-order chi connectivity index (χ1) is 5.81. The fourth-order valence-electron chi connectivity index (χ4n) is 0.753. The monoisotopic (exact) mass is 234 g/mol. The van der Waals surface area contributed by atoms with Crippen LogP contribution in [-0.4, -0.2) is 24.5 Å². The SMILES string of the molecule is N=C/C=C(/Br)NCCCCCO. The zero-order valence-electron chi connectivity index (χ0n) is 7.02. The summed E-state index contributed by atoms with van der Waals surface area (Å²) in [6.45, 7) is 1.16. The van der Waals surface area contributed by atoms with Crippen LogP contribution in [0.1, 0.15) is 19.3 Å². The van der Waals surface area contributed by atoms with Crippen molar-refractivity contribution in [2.45, 2.75) is 19.3 Å². The third kappa shape index (κ3) is 7.75. The average molecular weight is 235 g/mol. The van der Waals surface area contributed by atoms with Crippen molar-refractivity contribution in [2.24, 2.45) is 0 Å². The summed E-state index contributed by atoms with van der Waals surface area (Å²) in [5.41, 5.74) is 0. The molecule has 0 aliphatic rings. The van der Waals surface area contributed by atoms with Gasteiger partial charge < -0.3 is 15.8 Å². The zero-order chi connectivity index (χ0) is 9.23. The largest absolute Gasteiger partial charge is 0.396 e.